The van der Waals surface area contributed by atoms with Crippen LogP contribution in [-0.4, -0.2) is 15.0 Å². The van der Waals surface area contributed by atoms with Crippen LogP contribution >= 0.6 is 0 Å². The molecule has 0 bridgehead atoms. The van der Waals surface area contributed by atoms with Crippen LogP contribution in [0.25, 0.3) is 0 Å². The number of nitrogens with one attached hydrogen (secondary N) is 2. The van der Waals surface area contributed by atoms with Gasteiger partial charge in [0.15, 0.2) is 0 Å². The maximum atomic E-state index is 12.9. The Morgan fingerprint density at radius 3 is 2.64 bits per heavy atom. The first-order valence-electron chi connectivity index (χ1n) is 6.78. The number of nitrogens with zero attached hydrogens (tertiary/aromatic N) is 3. The topological polar surface area (TPSA) is 62.7 Å². The molecular formula is C16H14FN5. The largest absolute Gasteiger partial charge is 0.366 e. The number of aromatic nitrogens is 3. The van der Waals surface area contributed by atoms with E-state index >= 15 is 0 Å². The van der Waals surface area contributed by atoms with Crippen LogP contribution in [0.5, 0.6) is 0 Å². The summed E-state index contributed by atoms with van der Waals surface area (Å²) in [6.45, 7) is 0.626. The van der Waals surface area contributed by atoms with E-state index in [4.69, 9.17) is 0 Å². The molecule has 0 spiro atoms. The maximum Gasteiger partial charge on any atom is 0.229 e. The van der Waals surface area contributed by atoms with Crippen molar-refractivity contribution in [3.63, 3.8) is 0 Å². The zero-order valence-electron chi connectivity index (χ0n) is 11.7. The minimum atomic E-state index is -0.279. The SMILES string of the molecule is Fc1ccc(Nc2nccc(NCc3cccnc3)n2)cc1. The summed E-state index contributed by atoms with van der Waals surface area (Å²) in [6.07, 6.45) is 5.19. The summed E-state index contributed by atoms with van der Waals surface area (Å²) in [5.74, 6) is 0.865. The predicted octanol–water partition coefficient (Wildman–Crippen LogP) is 3.37. The predicted molar refractivity (Wildman–Crippen MR) is 83.3 cm³/mol. The van der Waals surface area contributed by atoms with Crippen LogP contribution in [-0.2, 0) is 6.54 Å². The Kier molecular flexibility index (Phi) is 4.20. The Bertz CT molecular complexity index is 731. The van der Waals surface area contributed by atoms with Crippen molar-refractivity contribution >= 4 is 17.5 Å². The third-order valence-corrected chi connectivity index (χ3v) is 2.95. The van der Waals surface area contributed by atoms with Gasteiger partial charge < -0.3 is 10.6 Å². The molecule has 2 N–H and O–H groups in total. The average molecular weight is 295 g/mol. The molecule has 22 heavy (non-hydrogen) atoms. The molecule has 0 amide bonds. The minimum absolute atomic E-state index is 0.279. The lowest BCUT2D eigenvalue weighted by atomic mass is 10.3. The monoisotopic (exact) mass is 295 g/mol. The van der Waals surface area contributed by atoms with Crippen LogP contribution in [0.3, 0.4) is 0 Å². The van der Waals surface area contributed by atoms with Crippen LogP contribution in [0.15, 0.2) is 61.1 Å². The number of hydrogen-bond acceptors (Lipinski definition) is 5. The highest BCUT2D eigenvalue weighted by Gasteiger charge is 2.01. The van der Waals surface area contributed by atoms with E-state index < -0.39 is 0 Å². The van der Waals surface area contributed by atoms with E-state index in [1.165, 1.54) is 12.1 Å². The second-order valence-electron chi connectivity index (χ2n) is 4.61. The van der Waals surface area contributed by atoms with E-state index in [9.17, 15) is 4.39 Å². The third kappa shape index (κ3) is 3.76. The molecule has 1 aromatic carbocycles. The van der Waals surface area contributed by atoms with Gasteiger partial charge in [-0.15, -0.1) is 0 Å². The van der Waals surface area contributed by atoms with Crippen LogP contribution in [0.1, 0.15) is 5.56 Å². The molecule has 0 unspecified atom stereocenters. The van der Waals surface area contributed by atoms with Crippen molar-refractivity contribution in [1.82, 2.24) is 15.0 Å². The Hall–Kier alpha value is -3.02. The molecule has 0 atom stereocenters. The Morgan fingerprint density at radius 1 is 1.00 bits per heavy atom. The molecule has 0 aliphatic heterocycles. The van der Waals surface area contributed by atoms with Gasteiger partial charge in [0.2, 0.25) is 5.95 Å². The van der Waals surface area contributed by atoms with Crippen LogP contribution < -0.4 is 10.6 Å². The minimum Gasteiger partial charge on any atom is -0.366 e. The molecule has 0 saturated carbocycles. The normalized spacial score (nSPS) is 10.2. The van der Waals surface area contributed by atoms with Gasteiger partial charge in [-0.05, 0) is 42.0 Å². The van der Waals surface area contributed by atoms with Crippen molar-refractivity contribution < 1.29 is 4.39 Å². The summed E-state index contributed by atoms with van der Waals surface area (Å²) in [7, 11) is 0. The molecule has 2 aromatic heterocycles. The van der Waals surface area contributed by atoms with E-state index in [1.807, 2.05) is 12.1 Å². The average Bonchev–Trinajstić information content (AvgIpc) is 2.57. The number of benzene rings is 1. The molecule has 2 heterocycles. The summed E-state index contributed by atoms with van der Waals surface area (Å²) in [6, 6.07) is 11.7. The second-order valence-corrected chi connectivity index (χ2v) is 4.61. The van der Waals surface area contributed by atoms with E-state index in [0.717, 1.165) is 11.3 Å². The second kappa shape index (κ2) is 6.62. The standard InChI is InChI=1S/C16H14FN5/c17-13-3-5-14(6-4-13)21-16-19-9-7-15(22-16)20-11-12-2-1-8-18-10-12/h1-10H,11H2,(H2,19,20,21,22). The molecule has 0 radical (unpaired) electrons. The molecule has 6 heteroatoms. The Morgan fingerprint density at radius 2 is 1.86 bits per heavy atom. The van der Waals surface area contributed by atoms with Gasteiger partial charge in [-0.25, -0.2) is 9.37 Å². The fraction of sp³-hybridized carbons (Fsp3) is 0.0625. The first-order chi connectivity index (χ1) is 10.8. The van der Waals surface area contributed by atoms with Crippen molar-refractivity contribution in [2.75, 3.05) is 10.6 Å². The first-order valence-corrected chi connectivity index (χ1v) is 6.78. The molecule has 110 valence electrons. The highest BCUT2D eigenvalue weighted by molar-refractivity contribution is 5.54. The van der Waals surface area contributed by atoms with Crippen LogP contribution in [0, 0.1) is 5.82 Å². The third-order valence-electron chi connectivity index (χ3n) is 2.95. The summed E-state index contributed by atoms with van der Waals surface area (Å²) < 4.78 is 12.9. The highest BCUT2D eigenvalue weighted by atomic mass is 19.1. The maximum absolute atomic E-state index is 12.9. The lowest BCUT2D eigenvalue weighted by Crippen LogP contribution is -2.04. The van der Waals surface area contributed by atoms with Crippen molar-refractivity contribution in [1.29, 1.82) is 0 Å². The van der Waals surface area contributed by atoms with Gasteiger partial charge in [0.25, 0.3) is 0 Å². The molecule has 0 saturated heterocycles. The summed E-state index contributed by atoms with van der Waals surface area (Å²) in [4.78, 5) is 12.6. The first kappa shape index (κ1) is 13.9. The zero-order chi connectivity index (χ0) is 15.2. The van der Waals surface area contributed by atoms with Crippen molar-refractivity contribution in [3.8, 4) is 0 Å². The summed E-state index contributed by atoms with van der Waals surface area (Å²) in [5.41, 5.74) is 1.79. The van der Waals surface area contributed by atoms with Gasteiger partial charge in [0, 0.05) is 30.8 Å². The molecule has 3 aromatic rings. The molecule has 0 aliphatic carbocycles. The van der Waals surface area contributed by atoms with E-state index in [2.05, 4.69) is 25.6 Å². The van der Waals surface area contributed by atoms with Gasteiger partial charge in [-0.2, -0.15) is 4.98 Å². The van der Waals surface area contributed by atoms with Gasteiger partial charge >= 0.3 is 0 Å². The number of pyridine rings is 1. The van der Waals surface area contributed by atoms with Gasteiger partial charge in [0.1, 0.15) is 11.6 Å². The molecule has 0 fully saturated rings. The summed E-state index contributed by atoms with van der Waals surface area (Å²) in [5, 5.41) is 6.23. The number of hydrogen-bond donors (Lipinski definition) is 2. The van der Waals surface area contributed by atoms with Crippen LogP contribution in [0.2, 0.25) is 0 Å². The van der Waals surface area contributed by atoms with Gasteiger partial charge in [0.05, 0.1) is 0 Å². The molecule has 5 nitrogen and oxygen atoms in total. The number of anilines is 3. The smallest absolute Gasteiger partial charge is 0.229 e. The lowest BCUT2D eigenvalue weighted by molar-refractivity contribution is 0.628. The fourth-order valence-electron chi connectivity index (χ4n) is 1.88. The highest BCUT2D eigenvalue weighted by Crippen LogP contribution is 2.15. The van der Waals surface area contributed by atoms with E-state index in [1.54, 1.807) is 36.8 Å². The van der Waals surface area contributed by atoms with Gasteiger partial charge in [-0.3, -0.25) is 4.98 Å². The van der Waals surface area contributed by atoms with E-state index in [0.29, 0.717) is 18.3 Å². The molecule has 0 aliphatic rings. The summed E-state index contributed by atoms with van der Waals surface area (Å²) >= 11 is 0. The lowest BCUT2D eigenvalue weighted by Gasteiger charge is -2.08. The fourth-order valence-corrected chi connectivity index (χ4v) is 1.88. The number of halogens is 1. The molecule has 3 rings (SSSR count). The quantitative estimate of drug-likeness (QED) is 0.755. The number of rotatable bonds is 5. The zero-order valence-corrected chi connectivity index (χ0v) is 11.7. The Balaban J connectivity index is 1.66. The van der Waals surface area contributed by atoms with Gasteiger partial charge in [-0.1, -0.05) is 6.07 Å². The Labute approximate surface area is 127 Å². The molecular weight excluding hydrogens is 281 g/mol. The van der Waals surface area contributed by atoms with Crippen molar-refractivity contribution in [3.05, 3.63) is 72.4 Å². The van der Waals surface area contributed by atoms with Crippen molar-refractivity contribution in [2.45, 2.75) is 6.54 Å². The van der Waals surface area contributed by atoms with Crippen molar-refractivity contribution in [2.24, 2.45) is 0 Å². The van der Waals surface area contributed by atoms with E-state index in [-0.39, 0.29) is 5.82 Å². The van der Waals surface area contributed by atoms with Crippen LogP contribution in [0.4, 0.5) is 21.8 Å².